The molecule has 0 fully saturated rings. The summed E-state index contributed by atoms with van der Waals surface area (Å²) in [6, 6.07) is 19.1. The van der Waals surface area contributed by atoms with E-state index < -0.39 is 0 Å². The van der Waals surface area contributed by atoms with Crippen molar-refractivity contribution in [1.29, 1.82) is 0 Å². The molecule has 6 rings (SSSR count). The van der Waals surface area contributed by atoms with Crippen molar-refractivity contribution in [3.8, 4) is 11.1 Å². The van der Waals surface area contributed by atoms with Crippen molar-refractivity contribution in [3.63, 3.8) is 0 Å². The van der Waals surface area contributed by atoms with Crippen LogP contribution in [-0.2, 0) is 35.5 Å². The molecule has 32 heavy (non-hydrogen) atoms. The lowest BCUT2D eigenvalue weighted by atomic mass is 9.63. The molecule has 0 heterocycles. The fraction of sp³-hybridized carbons (Fsp3) is 0.438. The van der Waals surface area contributed by atoms with Crippen molar-refractivity contribution in [2.24, 2.45) is 0 Å². The van der Waals surface area contributed by atoms with Crippen molar-refractivity contribution in [2.75, 3.05) is 0 Å². The second-order valence-electron chi connectivity index (χ2n) is 12.6. The zero-order valence-electron chi connectivity index (χ0n) is 20.7. The van der Waals surface area contributed by atoms with Gasteiger partial charge in [0.15, 0.2) is 0 Å². The van der Waals surface area contributed by atoms with Gasteiger partial charge in [-0.2, -0.15) is 0 Å². The van der Waals surface area contributed by atoms with E-state index in [9.17, 15) is 0 Å². The van der Waals surface area contributed by atoms with E-state index in [2.05, 4.69) is 90.1 Å². The second-order valence-corrected chi connectivity index (χ2v) is 12.6. The van der Waals surface area contributed by atoms with Gasteiger partial charge in [-0.3, -0.25) is 0 Å². The van der Waals surface area contributed by atoms with E-state index in [0.29, 0.717) is 0 Å². The highest BCUT2D eigenvalue weighted by molar-refractivity contribution is 5.86. The van der Waals surface area contributed by atoms with Gasteiger partial charge >= 0.3 is 0 Å². The first-order chi connectivity index (χ1) is 15.1. The van der Waals surface area contributed by atoms with Gasteiger partial charge < -0.3 is 0 Å². The van der Waals surface area contributed by atoms with Crippen LogP contribution < -0.4 is 0 Å². The zero-order chi connectivity index (χ0) is 22.5. The standard InChI is InChI=1S/C32H36/c1-30(2,3)26-15-13-22-23-14-16-27(31(4,5)6)25-18-20-10-7-8-11-21(20)19-32(29(23)25)17-9-12-24(26)28(22)32/h7-8,10-11,13-16H,9,12,17-19H2,1-6H3. The highest BCUT2D eigenvalue weighted by atomic mass is 14.5. The lowest BCUT2D eigenvalue weighted by Gasteiger charge is -2.40. The lowest BCUT2D eigenvalue weighted by molar-refractivity contribution is 0.428. The van der Waals surface area contributed by atoms with Crippen LogP contribution in [0, 0.1) is 0 Å². The van der Waals surface area contributed by atoms with Gasteiger partial charge in [0.25, 0.3) is 0 Å². The van der Waals surface area contributed by atoms with E-state index in [4.69, 9.17) is 0 Å². The Morgan fingerprint density at radius 1 is 0.656 bits per heavy atom. The van der Waals surface area contributed by atoms with Crippen LogP contribution in [0.2, 0.25) is 0 Å². The normalized spacial score (nSPS) is 20.9. The predicted octanol–water partition coefficient (Wildman–Crippen LogP) is 8.03. The molecule has 0 aromatic heterocycles. The van der Waals surface area contributed by atoms with Crippen LogP contribution in [-0.4, -0.2) is 0 Å². The summed E-state index contributed by atoms with van der Waals surface area (Å²) < 4.78 is 0. The van der Waals surface area contributed by atoms with E-state index in [0.717, 1.165) is 12.8 Å². The Labute approximate surface area is 194 Å². The summed E-state index contributed by atoms with van der Waals surface area (Å²) in [4.78, 5) is 0. The van der Waals surface area contributed by atoms with E-state index in [1.165, 1.54) is 36.0 Å². The molecule has 3 aromatic carbocycles. The summed E-state index contributed by atoms with van der Waals surface area (Å²) in [5, 5.41) is 0. The number of benzene rings is 3. The summed E-state index contributed by atoms with van der Waals surface area (Å²) in [6.45, 7) is 14.3. The minimum atomic E-state index is 0.142. The van der Waals surface area contributed by atoms with Crippen molar-refractivity contribution < 1.29 is 0 Å². The van der Waals surface area contributed by atoms with E-state index in [1.807, 2.05) is 0 Å². The third kappa shape index (κ3) is 2.62. The van der Waals surface area contributed by atoms with Crippen LogP contribution in [0.1, 0.15) is 98.9 Å². The van der Waals surface area contributed by atoms with Gasteiger partial charge in [0.05, 0.1) is 0 Å². The van der Waals surface area contributed by atoms with Gasteiger partial charge in [-0.05, 0) is 98.6 Å². The first-order valence-corrected chi connectivity index (χ1v) is 12.5. The lowest BCUT2D eigenvalue weighted by Crippen LogP contribution is -2.34. The third-order valence-electron chi connectivity index (χ3n) is 8.50. The van der Waals surface area contributed by atoms with Crippen LogP contribution in [0.3, 0.4) is 0 Å². The van der Waals surface area contributed by atoms with E-state index in [-0.39, 0.29) is 16.2 Å². The van der Waals surface area contributed by atoms with Crippen molar-refractivity contribution in [3.05, 3.63) is 93.0 Å². The van der Waals surface area contributed by atoms with Crippen LogP contribution in [0.25, 0.3) is 11.1 Å². The monoisotopic (exact) mass is 420 g/mol. The number of hydrogen-bond acceptors (Lipinski definition) is 0. The Morgan fingerprint density at radius 2 is 1.22 bits per heavy atom. The fourth-order valence-corrected chi connectivity index (χ4v) is 7.31. The van der Waals surface area contributed by atoms with Gasteiger partial charge in [-0.1, -0.05) is 90.1 Å². The summed E-state index contributed by atoms with van der Waals surface area (Å²) in [6.07, 6.45) is 6.03. The third-order valence-corrected chi connectivity index (χ3v) is 8.50. The smallest absolute Gasteiger partial charge is 0.0261 e. The average molecular weight is 421 g/mol. The molecule has 0 aliphatic heterocycles. The number of fused-ring (bicyclic) bond motifs is 2. The van der Waals surface area contributed by atoms with Gasteiger partial charge in [-0.15, -0.1) is 0 Å². The maximum Gasteiger partial charge on any atom is 0.0261 e. The van der Waals surface area contributed by atoms with E-state index >= 15 is 0 Å². The molecule has 3 aliphatic rings. The molecule has 0 amide bonds. The zero-order valence-corrected chi connectivity index (χ0v) is 20.7. The van der Waals surface area contributed by atoms with E-state index in [1.54, 1.807) is 38.9 Å². The maximum absolute atomic E-state index is 2.47. The van der Waals surface area contributed by atoms with Crippen LogP contribution in [0.4, 0.5) is 0 Å². The molecule has 1 spiro atoms. The first-order valence-electron chi connectivity index (χ1n) is 12.5. The quantitative estimate of drug-likeness (QED) is 0.345. The van der Waals surface area contributed by atoms with Crippen molar-refractivity contribution in [2.45, 2.75) is 89.9 Å². The highest BCUT2D eigenvalue weighted by Crippen LogP contribution is 2.60. The molecule has 0 radical (unpaired) electrons. The second kappa shape index (κ2) is 6.37. The summed E-state index contributed by atoms with van der Waals surface area (Å²) >= 11 is 0. The molecule has 1 unspecified atom stereocenters. The number of rotatable bonds is 0. The molecule has 3 aromatic rings. The summed E-state index contributed by atoms with van der Waals surface area (Å²) in [5.41, 5.74) is 16.4. The topological polar surface area (TPSA) is 0 Å². The Hall–Kier alpha value is -2.34. The van der Waals surface area contributed by atoms with Gasteiger partial charge in [0.2, 0.25) is 0 Å². The minimum absolute atomic E-state index is 0.142. The summed E-state index contributed by atoms with van der Waals surface area (Å²) in [5.74, 6) is 0. The molecule has 0 nitrogen and oxygen atoms in total. The molecule has 0 saturated heterocycles. The maximum atomic E-state index is 2.47. The van der Waals surface area contributed by atoms with Gasteiger partial charge in [0, 0.05) is 5.41 Å². The van der Waals surface area contributed by atoms with Crippen molar-refractivity contribution in [1.82, 2.24) is 0 Å². The fourth-order valence-electron chi connectivity index (χ4n) is 7.31. The largest absolute Gasteiger partial charge is 0.0620 e. The van der Waals surface area contributed by atoms with Crippen LogP contribution >= 0.6 is 0 Å². The molecular formula is C32H36. The SMILES string of the molecule is CC(C)(C)c1ccc2c3c1CCCC31Cc3ccccc3Cc3c(C(C)(C)C)ccc-2c31. The number of hydrogen-bond donors (Lipinski definition) is 0. The average Bonchev–Trinajstić information content (AvgIpc) is 2.91. The molecule has 0 bridgehead atoms. The molecule has 1 atom stereocenters. The molecular weight excluding hydrogens is 384 g/mol. The molecule has 0 N–H and O–H groups in total. The minimum Gasteiger partial charge on any atom is -0.0620 e. The molecule has 164 valence electrons. The molecule has 3 aliphatic carbocycles. The van der Waals surface area contributed by atoms with Gasteiger partial charge in [-0.25, -0.2) is 0 Å². The first kappa shape index (κ1) is 20.3. The summed E-state index contributed by atoms with van der Waals surface area (Å²) in [7, 11) is 0. The van der Waals surface area contributed by atoms with Crippen LogP contribution in [0.5, 0.6) is 0 Å². The molecule has 0 saturated carbocycles. The Kier molecular flexibility index (Phi) is 4.04. The van der Waals surface area contributed by atoms with Crippen LogP contribution in [0.15, 0.2) is 48.5 Å². The Bertz CT molecular complexity index is 1260. The molecule has 0 heteroatoms. The Morgan fingerprint density at radius 3 is 1.84 bits per heavy atom. The Balaban J connectivity index is 1.76. The van der Waals surface area contributed by atoms with Crippen molar-refractivity contribution >= 4 is 0 Å². The van der Waals surface area contributed by atoms with Gasteiger partial charge in [0.1, 0.15) is 0 Å². The highest BCUT2D eigenvalue weighted by Gasteiger charge is 2.50. The predicted molar refractivity (Wildman–Crippen MR) is 136 cm³/mol.